The molecular formula is C21H28O3. The molecule has 0 spiro atoms. The third-order valence-corrected chi connectivity index (χ3v) is 3.93. The van der Waals surface area contributed by atoms with E-state index >= 15 is 0 Å². The first-order valence-electron chi connectivity index (χ1n) is 8.73. The standard InChI is InChI=1S/C21H28O3/c1-5-18(15-16(2)3)19-11-13-20(14-12-19)22-17(4)23-24-21-9-7-6-8-10-21/h6-14,16-18H,5,15H2,1-4H3. The number of para-hydroxylation sites is 1. The van der Waals surface area contributed by atoms with Gasteiger partial charge in [-0.05, 0) is 54.5 Å². The summed E-state index contributed by atoms with van der Waals surface area (Å²) in [7, 11) is 0. The van der Waals surface area contributed by atoms with Crippen LogP contribution < -0.4 is 9.62 Å². The van der Waals surface area contributed by atoms with Gasteiger partial charge in [-0.15, -0.1) is 4.89 Å². The maximum absolute atomic E-state index is 5.74. The Hall–Kier alpha value is -2.00. The molecule has 0 heterocycles. The lowest BCUT2D eigenvalue weighted by Crippen LogP contribution is -2.18. The molecule has 0 radical (unpaired) electrons. The highest BCUT2D eigenvalue weighted by Gasteiger charge is 2.12. The second-order valence-corrected chi connectivity index (χ2v) is 6.48. The zero-order valence-corrected chi connectivity index (χ0v) is 15.1. The zero-order chi connectivity index (χ0) is 17.4. The molecule has 2 rings (SSSR count). The van der Waals surface area contributed by atoms with Crippen LogP contribution >= 0.6 is 0 Å². The van der Waals surface area contributed by atoms with Gasteiger partial charge in [-0.1, -0.05) is 51.1 Å². The molecule has 3 nitrogen and oxygen atoms in total. The van der Waals surface area contributed by atoms with Crippen LogP contribution in [-0.4, -0.2) is 6.29 Å². The first-order chi connectivity index (χ1) is 11.6. The van der Waals surface area contributed by atoms with Crippen LogP contribution in [0.5, 0.6) is 11.5 Å². The van der Waals surface area contributed by atoms with Crippen molar-refractivity contribution >= 4 is 0 Å². The van der Waals surface area contributed by atoms with Gasteiger partial charge in [0.15, 0.2) is 5.75 Å². The lowest BCUT2D eigenvalue weighted by atomic mass is 9.88. The van der Waals surface area contributed by atoms with Gasteiger partial charge in [0.1, 0.15) is 5.75 Å². The Bertz CT molecular complexity index is 578. The average Bonchev–Trinajstić information content (AvgIpc) is 2.59. The topological polar surface area (TPSA) is 27.7 Å². The zero-order valence-electron chi connectivity index (χ0n) is 15.1. The fourth-order valence-corrected chi connectivity index (χ4v) is 2.74. The number of benzene rings is 2. The lowest BCUT2D eigenvalue weighted by Gasteiger charge is -2.19. The summed E-state index contributed by atoms with van der Waals surface area (Å²) in [6, 6.07) is 17.7. The van der Waals surface area contributed by atoms with E-state index in [0.717, 1.165) is 12.2 Å². The Morgan fingerprint density at radius 3 is 2.08 bits per heavy atom. The molecule has 0 aromatic heterocycles. The van der Waals surface area contributed by atoms with E-state index in [9.17, 15) is 0 Å². The van der Waals surface area contributed by atoms with Crippen LogP contribution in [0.4, 0.5) is 0 Å². The van der Waals surface area contributed by atoms with Crippen molar-refractivity contribution in [3.05, 3.63) is 60.2 Å². The van der Waals surface area contributed by atoms with E-state index in [1.54, 1.807) is 0 Å². The molecule has 0 fully saturated rings. The van der Waals surface area contributed by atoms with Gasteiger partial charge in [-0.2, -0.15) is 0 Å². The molecule has 2 aromatic rings. The maximum Gasteiger partial charge on any atom is 0.239 e. The molecule has 0 aliphatic rings. The van der Waals surface area contributed by atoms with Crippen LogP contribution in [0.25, 0.3) is 0 Å². The quantitative estimate of drug-likeness (QED) is 0.323. The van der Waals surface area contributed by atoms with Crippen LogP contribution in [-0.2, 0) is 4.89 Å². The highest BCUT2D eigenvalue weighted by molar-refractivity contribution is 5.29. The van der Waals surface area contributed by atoms with E-state index < -0.39 is 6.29 Å². The van der Waals surface area contributed by atoms with Crippen LogP contribution in [0.2, 0.25) is 0 Å². The van der Waals surface area contributed by atoms with Crippen molar-refractivity contribution in [3.63, 3.8) is 0 Å². The second-order valence-electron chi connectivity index (χ2n) is 6.48. The van der Waals surface area contributed by atoms with Crippen LogP contribution in [0.3, 0.4) is 0 Å². The molecule has 0 aliphatic heterocycles. The number of hydrogen-bond donors (Lipinski definition) is 0. The van der Waals surface area contributed by atoms with Crippen molar-refractivity contribution in [2.24, 2.45) is 5.92 Å². The van der Waals surface area contributed by atoms with Gasteiger partial charge in [0.05, 0.1) is 0 Å². The Balaban J connectivity index is 1.86. The Morgan fingerprint density at radius 2 is 1.50 bits per heavy atom. The van der Waals surface area contributed by atoms with E-state index in [1.165, 1.54) is 12.0 Å². The third-order valence-electron chi connectivity index (χ3n) is 3.93. The Morgan fingerprint density at radius 1 is 0.833 bits per heavy atom. The number of hydrogen-bond acceptors (Lipinski definition) is 3. The van der Waals surface area contributed by atoms with Gasteiger partial charge >= 0.3 is 0 Å². The van der Waals surface area contributed by atoms with Gasteiger partial charge in [-0.3, -0.25) is 0 Å². The molecule has 0 saturated carbocycles. The molecule has 2 unspecified atom stereocenters. The van der Waals surface area contributed by atoms with E-state index in [1.807, 2.05) is 49.4 Å². The van der Waals surface area contributed by atoms with Gasteiger partial charge in [0, 0.05) is 6.92 Å². The molecule has 0 N–H and O–H groups in total. The van der Waals surface area contributed by atoms with Crippen molar-refractivity contribution < 1.29 is 14.5 Å². The summed E-state index contributed by atoms with van der Waals surface area (Å²) in [5, 5.41) is 0. The maximum atomic E-state index is 5.74. The molecular weight excluding hydrogens is 300 g/mol. The van der Waals surface area contributed by atoms with Crippen molar-refractivity contribution in [2.45, 2.75) is 52.7 Å². The fourth-order valence-electron chi connectivity index (χ4n) is 2.74. The SMILES string of the molecule is CCC(CC(C)C)c1ccc(OC(C)OOc2ccccc2)cc1. The molecule has 3 heteroatoms. The second kappa shape index (κ2) is 9.33. The normalized spacial score (nSPS) is 13.5. The predicted molar refractivity (Wildman–Crippen MR) is 97.2 cm³/mol. The molecule has 0 amide bonds. The van der Waals surface area contributed by atoms with Crippen LogP contribution in [0.15, 0.2) is 54.6 Å². The summed E-state index contributed by atoms with van der Waals surface area (Å²) in [5.41, 5.74) is 1.37. The van der Waals surface area contributed by atoms with Crippen molar-refractivity contribution in [1.82, 2.24) is 0 Å². The molecule has 130 valence electrons. The first kappa shape index (κ1) is 18.3. The summed E-state index contributed by atoms with van der Waals surface area (Å²) in [5.74, 6) is 2.74. The van der Waals surface area contributed by atoms with Crippen molar-refractivity contribution in [2.75, 3.05) is 0 Å². The Kier molecular flexibility index (Phi) is 7.13. The minimum absolute atomic E-state index is 0.492. The third kappa shape index (κ3) is 5.89. The van der Waals surface area contributed by atoms with E-state index in [-0.39, 0.29) is 0 Å². The van der Waals surface area contributed by atoms with E-state index in [4.69, 9.17) is 14.5 Å². The molecule has 2 atom stereocenters. The fraction of sp³-hybridized carbons (Fsp3) is 0.429. The number of ether oxygens (including phenoxy) is 1. The smallest absolute Gasteiger partial charge is 0.239 e. The Labute approximate surface area is 145 Å². The minimum Gasteiger partial charge on any atom is -0.461 e. The predicted octanol–water partition coefficient (Wildman–Crippen LogP) is 5.96. The van der Waals surface area contributed by atoms with E-state index in [0.29, 0.717) is 17.6 Å². The van der Waals surface area contributed by atoms with Crippen LogP contribution in [0.1, 0.15) is 52.0 Å². The molecule has 24 heavy (non-hydrogen) atoms. The minimum atomic E-state index is -0.492. The van der Waals surface area contributed by atoms with E-state index in [2.05, 4.69) is 32.9 Å². The highest BCUT2D eigenvalue weighted by atomic mass is 17.2. The van der Waals surface area contributed by atoms with Crippen molar-refractivity contribution in [1.29, 1.82) is 0 Å². The van der Waals surface area contributed by atoms with Crippen LogP contribution in [0, 0.1) is 5.92 Å². The molecule has 2 aromatic carbocycles. The van der Waals surface area contributed by atoms with Gasteiger partial charge in [-0.25, -0.2) is 0 Å². The molecule has 0 aliphatic carbocycles. The summed E-state index contributed by atoms with van der Waals surface area (Å²) in [6.45, 7) is 8.59. The summed E-state index contributed by atoms with van der Waals surface area (Å²) < 4.78 is 5.74. The van der Waals surface area contributed by atoms with Crippen molar-refractivity contribution in [3.8, 4) is 11.5 Å². The van der Waals surface area contributed by atoms with Gasteiger partial charge in [0.25, 0.3) is 0 Å². The highest BCUT2D eigenvalue weighted by Crippen LogP contribution is 2.28. The summed E-state index contributed by atoms with van der Waals surface area (Å²) in [6.07, 6.45) is 1.87. The monoisotopic (exact) mass is 328 g/mol. The first-order valence-corrected chi connectivity index (χ1v) is 8.73. The summed E-state index contributed by atoms with van der Waals surface area (Å²) in [4.78, 5) is 10.5. The van der Waals surface area contributed by atoms with Gasteiger partial charge in [0.2, 0.25) is 6.29 Å². The largest absolute Gasteiger partial charge is 0.461 e. The molecule has 0 saturated heterocycles. The average molecular weight is 328 g/mol. The molecule has 0 bridgehead atoms. The summed E-state index contributed by atoms with van der Waals surface area (Å²) >= 11 is 0. The lowest BCUT2D eigenvalue weighted by molar-refractivity contribution is -0.289. The number of rotatable bonds is 9. The van der Waals surface area contributed by atoms with Gasteiger partial charge < -0.3 is 9.62 Å².